The first-order valence-electron chi connectivity index (χ1n) is 5.41. The summed E-state index contributed by atoms with van der Waals surface area (Å²) < 4.78 is 0. The van der Waals surface area contributed by atoms with Crippen LogP contribution in [-0.2, 0) is 0 Å². The van der Waals surface area contributed by atoms with Gasteiger partial charge in [-0.15, -0.1) is 0 Å². The van der Waals surface area contributed by atoms with Crippen LogP contribution in [0.4, 0.5) is 0 Å². The van der Waals surface area contributed by atoms with Gasteiger partial charge in [0.2, 0.25) is 0 Å². The molecular weight excluding hydrogens is 148 g/mol. The molecule has 2 aliphatic rings. The molecule has 2 nitrogen and oxygen atoms in total. The summed E-state index contributed by atoms with van der Waals surface area (Å²) in [7, 11) is 0. The largest absolute Gasteiger partial charge is 0.314 e. The third-order valence-electron chi connectivity index (χ3n) is 2.70. The van der Waals surface area contributed by atoms with Gasteiger partial charge < -0.3 is 5.32 Å². The number of piperidine rings is 1. The van der Waals surface area contributed by atoms with Gasteiger partial charge >= 0.3 is 0 Å². The van der Waals surface area contributed by atoms with Gasteiger partial charge in [-0.2, -0.15) is 0 Å². The SMILES string of the molecule is C1CCN2CCNCC2C1.CC. The van der Waals surface area contributed by atoms with Crippen molar-refractivity contribution in [1.29, 1.82) is 0 Å². The first kappa shape index (κ1) is 10.0. The highest BCUT2D eigenvalue weighted by Gasteiger charge is 2.23. The van der Waals surface area contributed by atoms with E-state index in [0.29, 0.717) is 0 Å². The maximum absolute atomic E-state index is 3.44. The van der Waals surface area contributed by atoms with Gasteiger partial charge in [-0.05, 0) is 19.4 Å². The van der Waals surface area contributed by atoms with Crippen LogP contribution in [0.25, 0.3) is 0 Å². The van der Waals surface area contributed by atoms with Gasteiger partial charge in [0.15, 0.2) is 0 Å². The lowest BCUT2D eigenvalue weighted by molar-refractivity contribution is 0.121. The van der Waals surface area contributed by atoms with Crippen molar-refractivity contribution in [3.05, 3.63) is 0 Å². The number of rotatable bonds is 0. The molecule has 2 aliphatic heterocycles. The van der Waals surface area contributed by atoms with Gasteiger partial charge in [0.05, 0.1) is 0 Å². The Bertz CT molecular complexity index is 88.4. The second-order valence-electron chi connectivity index (χ2n) is 3.39. The van der Waals surface area contributed by atoms with E-state index >= 15 is 0 Å². The molecule has 0 saturated carbocycles. The maximum Gasteiger partial charge on any atom is 0.0221 e. The molecule has 0 aliphatic carbocycles. The summed E-state index contributed by atoms with van der Waals surface area (Å²) in [6.07, 6.45) is 4.30. The Morgan fingerprint density at radius 1 is 1.17 bits per heavy atom. The molecule has 0 amide bonds. The van der Waals surface area contributed by atoms with Gasteiger partial charge in [0, 0.05) is 25.7 Å². The Morgan fingerprint density at radius 3 is 2.75 bits per heavy atom. The van der Waals surface area contributed by atoms with E-state index in [9.17, 15) is 0 Å². The Hall–Kier alpha value is -0.0800. The van der Waals surface area contributed by atoms with Crippen molar-refractivity contribution >= 4 is 0 Å². The highest BCUT2D eigenvalue weighted by molar-refractivity contribution is 4.82. The summed E-state index contributed by atoms with van der Waals surface area (Å²) in [6, 6.07) is 0.877. The van der Waals surface area contributed by atoms with Gasteiger partial charge in [0.1, 0.15) is 0 Å². The molecule has 2 heterocycles. The molecule has 1 N–H and O–H groups in total. The molecule has 72 valence electrons. The normalized spacial score (nSPS) is 30.0. The van der Waals surface area contributed by atoms with Crippen molar-refractivity contribution in [2.45, 2.75) is 39.2 Å². The fourth-order valence-electron chi connectivity index (χ4n) is 2.08. The van der Waals surface area contributed by atoms with Crippen LogP contribution in [0.1, 0.15) is 33.1 Å². The third-order valence-corrected chi connectivity index (χ3v) is 2.70. The predicted octanol–water partition coefficient (Wildman–Crippen LogP) is 1.47. The number of hydrogen-bond acceptors (Lipinski definition) is 2. The number of fused-ring (bicyclic) bond motifs is 1. The lowest BCUT2D eigenvalue weighted by Gasteiger charge is -2.39. The van der Waals surface area contributed by atoms with Crippen molar-refractivity contribution in [1.82, 2.24) is 10.2 Å². The second-order valence-corrected chi connectivity index (χ2v) is 3.39. The van der Waals surface area contributed by atoms with Crippen LogP contribution in [0, 0.1) is 0 Å². The molecule has 0 aromatic carbocycles. The standard InChI is InChI=1S/C8H16N2.C2H6/c1-2-5-10-6-4-9-7-8(10)3-1;1-2/h8-9H,1-7H2;1-2H3. The Labute approximate surface area is 76.3 Å². The molecule has 2 fully saturated rings. The quantitative estimate of drug-likeness (QED) is 0.592. The molecule has 0 aromatic rings. The van der Waals surface area contributed by atoms with Crippen molar-refractivity contribution in [2.24, 2.45) is 0 Å². The minimum Gasteiger partial charge on any atom is -0.314 e. The molecule has 1 atom stereocenters. The predicted molar refractivity (Wildman–Crippen MR) is 53.4 cm³/mol. The maximum atomic E-state index is 3.44. The van der Waals surface area contributed by atoms with Crippen LogP contribution in [0.2, 0.25) is 0 Å². The summed E-state index contributed by atoms with van der Waals surface area (Å²) in [5.74, 6) is 0. The van der Waals surface area contributed by atoms with Crippen molar-refractivity contribution in [3.63, 3.8) is 0 Å². The average Bonchev–Trinajstić information content (AvgIpc) is 2.21. The lowest BCUT2D eigenvalue weighted by Crippen LogP contribution is -2.53. The minimum absolute atomic E-state index is 0.877. The van der Waals surface area contributed by atoms with E-state index in [4.69, 9.17) is 0 Å². The van der Waals surface area contributed by atoms with E-state index in [-0.39, 0.29) is 0 Å². The zero-order valence-electron chi connectivity index (χ0n) is 8.47. The first-order valence-corrected chi connectivity index (χ1v) is 5.41. The van der Waals surface area contributed by atoms with Crippen LogP contribution in [-0.4, -0.2) is 37.1 Å². The van der Waals surface area contributed by atoms with E-state index in [1.54, 1.807) is 0 Å². The topological polar surface area (TPSA) is 15.3 Å². The van der Waals surface area contributed by atoms with E-state index < -0.39 is 0 Å². The van der Waals surface area contributed by atoms with Gasteiger partial charge in [-0.3, -0.25) is 4.90 Å². The molecular formula is C10H22N2. The highest BCUT2D eigenvalue weighted by Crippen LogP contribution is 2.17. The van der Waals surface area contributed by atoms with Crippen LogP contribution in [0.3, 0.4) is 0 Å². The first-order chi connectivity index (χ1) is 5.97. The van der Waals surface area contributed by atoms with Gasteiger partial charge in [-0.1, -0.05) is 20.3 Å². The Kier molecular flexibility index (Phi) is 4.62. The Morgan fingerprint density at radius 2 is 2.00 bits per heavy atom. The summed E-state index contributed by atoms with van der Waals surface area (Å²) in [5, 5.41) is 3.44. The smallest absolute Gasteiger partial charge is 0.0221 e. The Balaban J connectivity index is 0.000000336. The summed E-state index contributed by atoms with van der Waals surface area (Å²) in [4.78, 5) is 2.64. The fourth-order valence-corrected chi connectivity index (χ4v) is 2.08. The van der Waals surface area contributed by atoms with Gasteiger partial charge in [-0.25, -0.2) is 0 Å². The van der Waals surface area contributed by atoms with Crippen molar-refractivity contribution < 1.29 is 0 Å². The zero-order valence-corrected chi connectivity index (χ0v) is 8.47. The zero-order chi connectivity index (χ0) is 8.81. The number of piperazine rings is 1. The van der Waals surface area contributed by atoms with E-state index in [1.165, 1.54) is 45.4 Å². The van der Waals surface area contributed by atoms with E-state index in [1.807, 2.05) is 13.8 Å². The van der Waals surface area contributed by atoms with Gasteiger partial charge in [0.25, 0.3) is 0 Å². The van der Waals surface area contributed by atoms with Crippen LogP contribution < -0.4 is 5.32 Å². The number of hydrogen-bond donors (Lipinski definition) is 1. The molecule has 0 spiro atoms. The van der Waals surface area contributed by atoms with Crippen LogP contribution in [0.5, 0.6) is 0 Å². The molecule has 2 heteroatoms. The highest BCUT2D eigenvalue weighted by atomic mass is 15.2. The van der Waals surface area contributed by atoms with Crippen LogP contribution in [0.15, 0.2) is 0 Å². The number of nitrogens with one attached hydrogen (secondary N) is 1. The molecule has 0 aromatic heterocycles. The summed E-state index contributed by atoms with van der Waals surface area (Å²) >= 11 is 0. The van der Waals surface area contributed by atoms with E-state index in [2.05, 4.69) is 10.2 Å². The molecule has 0 bridgehead atoms. The monoisotopic (exact) mass is 170 g/mol. The minimum atomic E-state index is 0.877. The molecule has 0 radical (unpaired) electrons. The average molecular weight is 170 g/mol. The molecule has 2 saturated heterocycles. The second kappa shape index (κ2) is 5.55. The molecule has 2 rings (SSSR count). The molecule has 1 unspecified atom stereocenters. The molecule has 12 heavy (non-hydrogen) atoms. The summed E-state index contributed by atoms with van der Waals surface area (Å²) in [5.41, 5.74) is 0. The fraction of sp³-hybridized carbons (Fsp3) is 1.00. The lowest BCUT2D eigenvalue weighted by atomic mass is 10.0. The van der Waals surface area contributed by atoms with E-state index in [0.717, 1.165) is 6.04 Å². The summed E-state index contributed by atoms with van der Waals surface area (Å²) in [6.45, 7) is 9.08. The van der Waals surface area contributed by atoms with Crippen molar-refractivity contribution in [3.8, 4) is 0 Å². The van der Waals surface area contributed by atoms with Crippen LogP contribution >= 0.6 is 0 Å². The third kappa shape index (κ3) is 2.46. The number of nitrogens with zero attached hydrogens (tertiary/aromatic N) is 1. The van der Waals surface area contributed by atoms with Crippen molar-refractivity contribution in [2.75, 3.05) is 26.2 Å².